The molecule has 1 heterocycles. The van der Waals surface area contributed by atoms with Crippen molar-refractivity contribution in [3.05, 3.63) is 29.0 Å². The second-order valence-corrected chi connectivity index (χ2v) is 8.60. The van der Waals surface area contributed by atoms with Gasteiger partial charge in [0.15, 0.2) is 0 Å². The Balaban J connectivity index is 1.82. The van der Waals surface area contributed by atoms with Gasteiger partial charge in [0, 0.05) is 24.5 Å². The standard InChI is InChI=1S/C18H27ClN2/c1-17(2,3)21-12-18(9-13-4-5-15(18)8-13)10-14-6-7-20-11-16(14)19/h6-7,11,13,15,21H,4-5,8-10,12H2,1-3H3. The molecule has 0 aliphatic heterocycles. The van der Waals surface area contributed by atoms with Crippen LogP contribution >= 0.6 is 11.6 Å². The van der Waals surface area contributed by atoms with Gasteiger partial charge in [-0.1, -0.05) is 18.0 Å². The number of pyridine rings is 1. The van der Waals surface area contributed by atoms with Crippen LogP contribution in [0.1, 0.15) is 52.0 Å². The normalized spacial score (nSPS) is 31.8. The van der Waals surface area contributed by atoms with Crippen LogP contribution in [-0.2, 0) is 6.42 Å². The Kier molecular flexibility index (Phi) is 4.04. The van der Waals surface area contributed by atoms with Crippen molar-refractivity contribution in [2.24, 2.45) is 17.3 Å². The molecular weight excluding hydrogens is 280 g/mol. The van der Waals surface area contributed by atoms with E-state index in [1.165, 1.54) is 31.2 Å². The molecule has 1 aromatic heterocycles. The Morgan fingerprint density at radius 3 is 2.76 bits per heavy atom. The number of aromatic nitrogens is 1. The van der Waals surface area contributed by atoms with Gasteiger partial charge in [-0.05, 0) is 75.3 Å². The van der Waals surface area contributed by atoms with Gasteiger partial charge >= 0.3 is 0 Å². The summed E-state index contributed by atoms with van der Waals surface area (Å²) in [7, 11) is 0. The van der Waals surface area contributed by atoms with E-state index < -0.39 is 0 Å². The van der Waals surface area contributed by atoms with Crippen molar-refractivity contribution in [3.8, 4) is 0 Å². The van der Waals surface area contributed by atoms with Crippen molar-refractivity contribution in [2.75, 3.05) is 6.54 Å². The van der Waals surface area contributed by atoms with Crippen LogP contribution in [0.4, 0.5) is 0 Å². The van der Waals surface area contributed by atoms with Gasteiger partial charge in [-0.15, -0.1) is 0 Å². The number of hydrogen-bond acceptors (Lipinski definition) is 2. The van der Waals surface area contributed by atoms with E-state index in [1.807, 2.05) is 6.20 Å². The van der Waals surface area contributed by atoms with Gasteiger partial charge in [0.2, 0.25) is 0 Å². The molecule has 2 nitrogen and oxygen atoms in total. The average molecular weight is 307 g/mol. The van der Waals surface area contributed by atoms with E-state index >= 15 is 0 Å². The molecule has 3 atom stereocenters. The maximum absolute atomic E-state index is 6.37. The van der Waals surface area contributed by atoms with Crippen molar-refractivity contribution in [2.45, 2.75) is 58.4 Å². The first-order chi connectivity index (χ1) is 9.88. The number of nitrogens with zero attached hydrogens (tertiary/aromatic N) is 1. The van der Waals surface area contributed by atoms with Crippen molar-refractivity contribution in [1.29, 1.82) is 0 Å². The summed E-state index contributed by atoms with van der Waals surface area (Å²) in [6.45, 7) is 7.88. The minimum Gasteiger partial charge on any atom is -0.311 e. The van der Waals surface area contributed by atoms with Gasteiger partial charge in [0.05, 0.1) is 5.02 Å². The Morgan fingerprint density at radius 1 is 1.38 bits per heavy atom. The highest BCUT2D eigenvalue weighted by molar-refractivity contribution is 6.31. The Labute approximate surface area is 133 Å². The minimum absolute atomic E-state index is 0.177. The molecule has 3 unspecified atom stereocenters. The molecule has 1 N–H and O–H groups in total. The predicted octanol–water partition coefficient (Wildman–Crippen LogP) is 4.47. The molecule has 0 aromatic carbocycles. The Morgan fingerprint density at radius 2 is 2.19 bits per heavy atom. The third-order valence-corrected chi connectivity index (χ3v) is 5.81. The molecule has 0 spiro atoms. The highest BCUT2D eigenvalue weighted by Crippen LogP contribution is 2.57. The fourth-order valence-electron chi connectivity index (χ4n) is 4.42. The lowest BCUT2D eigenvalue weighted by atomic mass is 9.69. The van der Waals surface area contributed by atoms with Crippen LogP contribution in [0.5, 0.6) is 0 Å². The molecule has 2 aliphatic carbocycles. The second kappa shape index (κ2) is 5.55. The summed E-state index contributed by atoms with van der Waals surface area (Å²) < 4.78 is 0. The zero-order chi connectivity index (χ0) is 15.1. The fourth-order valence-corrected chi connectivity index (χ4v) is 4.61. The lowest BCUT2D eigenvalue weighted by Gasteiger charge is -2.40. The summed E-state index contributed by atoms with van der Waals surface area (Å²) in [5.74, 6) is 1.80. The molecule has 2 bridgehead atoms. The molecule has 2 aliphatic rings. The molecule has 116 valence electrons. The van der Waals surface area contributed by atoms with Gasteiger partial charge in [0.1, 0.15) is 0 Å². The first kappa shape index (κ1) is 15.3. The van der Waals surface area contributed by atoms with Crippen LogP contribution in [0.25, 0.3) is 0 Å². The molecule has 3 heteroatoms. The summed E-state index contributed by atoms with van der Waals surface area (Å²) in [6, 6.07) is 2.10. The van der Waals surface area contributed by atoms with Crippen LogP contribution in [0, 0.1) is 17.3 Å². The van der Waals surface area contributed by atoms with Gasteiger partial charge < -0.3 is 5.32 Å². The second-order valence-electron chi connectivity index (χ2n) is 8.19. The third kappa shape index (κ3) is 3.27. The van der Waals surface area contributed by atoms with E-state index in [-0.39, 0.29) is 5.54 Å². The molecule has 2 fully saturated rings. The van der Waals surface area contributed by atoms with Crippen LogP contribution in [0.2, 0.25) is 5.02 Å². The molecular formula is C18H27ClN2. The van der Waals surface area contributed by atoms with E-state index in [2.05, 4.69) is 37.1 Å². The van der Waals surface area contributed by atoms with Crippen LogP contribution in [0.15, 0.2) is 18.5 Å². The van der Waals surface area contributed by atoms with Gasteiger partial charge in [0.25, 0.3) is 0 Å². The molecule has 1 aromatic rings. The maximum Gasteiger partial charge on any atom is 0.0621 e. The highest BCUT2D eigenvalue weighted by atomic mass is 35.5. The van der Waals surface area contributed by atoms with Crippen LogP contribution in [0.3, 0.4) is 0 Å². The van der Waals surface area contributed by atoms with E-state index in [1.54, 1.807) is 6.20 Å². The summed E-state index contributed by atoms with van der Waals surface area (Å²) in [5.41, 5.74) is 1.84. The number of halogens is 1. The van der Waals surface area contributed by atoms with Crippen LogP contribution < -0.4 is 5.32 Å². The molecule has 21 heavy (non-hydrogen) atoms. The SMILES string of the molecule is CC(C)(C)NCC1(Cc2ccncc2Cl)CC2CCC1C2. The van der Waals surface area contributed by atoms with Crippen molar-refractivity contribution in [1.82, 2.24) is 10.3 Å². The number of nitrogens with one attached hydrogen (secondary N) is 1. The average Bonchev–Trinajstić information content (AvgIpc) is 2.99. The number of rotatable bonds is 4. The zero-order valence-corrected chi connectivity index (χ0v) is 14.2. The lowest BCUT2D eigenvalue weighted by Crippen LogP contribution is -2.47. The highest BCUT2D eigenvalue weighted by Gasteiger charge is 2.50. The third-order valence-electron chi connectivity index (χ3n) is 5.47. The summed E-state index contributed by atoms with van der Waals surface area (Å²) >= 11 is 6.37. The summed E-state index contributed by atoms with van der Waals surface area (Å²) in [5, 5.41) is 4.60. The van der Waals surface area contributed by atoms with E-state index in [4.69, 9.17) is 11.6 Å². The Bertz CT molecular complexity index is 508. The first-order valence-corrected chi connectivity index (χ1v) is 8.59. The van der Waals surface area contributed by atoms with E-state index in [9.17, 15) is 0 Å². The van der Waals surface area contributed by atoms with Crippen molar-refractivity contribution in [3.63, 3.8) is 0 Å². The van der Waals surface area contributed by atoms with Gasteiger partial charge in [-0.25, -0.2) is 0 Å². The molecule has 0 amide bonds. The lowest BCUT2D eigenvalue weighted by molar-refractivity contribution is 0.143. The maximum atomic E-state index is 6.37. The van der Waals surface area contributed by atoms with E-state index in [0.29, 0.717) is 5.41 Å². The summed E-state index contributed by atoms with van der Waals surface area (Å²) in [6.07, 6.45) is 10.4. The van der Waals surface area contributed by atoms with E-state index in [0.717, 1.165) is 29.8 Å². The monoisotopic (exact) mass is 306 g/mol. The Hall–Kier alpha value is -0.600. The van der Waals surface area contributed by atoms with Gasteiger partial charge in [-0.2, -0.15) is 0 Å². The van der Waals surface area contributed by atoms with Crippen molar-refractivity contribution < 1.29 is 0 Å². The first-order valence-electron chi connectivity index (χ1n) is 8.21. The zero-order valence-electron chi connectivity index (χ0n) is 13.5. The number of fused-ring (bicyclic) bond motifs is 2. The fraction of sp³-hybridized carbons (Fsp3) is 0.722. The van der Waals surface area contributed by atoms with Gasteiger partial charge in [-0.3, -0.25) is 4.98 Å². The minimum atomic E-state index is 0.177. The molecule has 3 rings (SSSR count). The topological polar surface area (TPSA) is 24.9 Å². The van der Waals surface area contributed by atoms with Crippen LogP contribution in [-0.4, -0.2) is 17.1 Å². The number of hydrogen-bond donors (Lipinski definition) is 1. The largest absolute Gasteiger partial charge is 0.311 e. The molecule has 2 saturated carbocycles. The molecule has 0 saturated heterocycles. The smallest absolute Gasteiger partial charge is 0.0621 e. The quantitative estimate of drug-likeness (QED) is 0.887. The van der Waals surface area contributed by atoms with Crippen molar-refractivity contribution >= 4 is 11.6 Å². The summed E-state index contributed by atoms with van der Waals surface area (Å²) in [4.78, 5) is 4.13. The molecule has 0 radical (unpaired) electrons. The predicted molar refractivity (Wildman–Crippen MR) is 88.6 cm³/mol.